The minimum atomic E-state index is -0.491. The van der Waals surface area contributed by atoms with Crippen molar-refractivity contribution in [1.29, 1.82) is 0 Å². The molecule has 0 saturated carbocycles. The summed E-state index contributed by atoms with van der Waals surface area (Å²) in [5.74, 6) is 1.30. The highest BCUT2D eigenvalue weighted by Crippen LogP contribution is 2.26. The van der Waals surface area contributed by atoms with Crippen LogP contribution >= 0.6 is 0 Å². The molecular formula is C23H34N6O3. The number of fused-ring (bicyclic) bond motifs is 1. The number of aromatic nitrogens is 4. The minimum Gasteiger partial charge on any atom is -0.497 e. The van der Waals surface area contributed by atoms with Crippen molar-refractivity contribution in [2.75, 3.05) is 25.5 Å². The number of aromatic amines is 1. The molecule has 0 fully saturated rings. The van der Waals surface area contributed by atoms with Gasteiger partial charge in [0, 0.05) is 18.7 Å². The predicted octanol–water partition coefficient (Wildman–Crippen LogP) is 4.77. The van der Waals surface area contributed by atoms with Gasteiger partial charge in [0.05, 0.1) is 13.4 Å². The first-order chi connectivity index (χ1) is 15.4. The van der Waals surface area contributed by atoms with Crippen LogP contribution in [0.1, 0.15) is 47.5 Å². The van der Waals surface area contributed by atoms with Gasteiger partial charge in [-0.15, -0.1) is 0 Å². The molecule has 9 nitrogen and oxygen atoms in total. The Bertz CT molecular complexity index is 980. The van der Waals surface area contributed by atoms with Crippen LogP contribution < -0.4 is 15.4 Å². The molecule has 0 aliphatic carbocycles. The number of anilines is 1. The SMILES string of the molecule is CC.COc1ccc(-c2nc(NCCCCNC(=O)OC(C)(C)C)nc3nc[nH]c23)cc1. The van der Waals surface area contributed by atoms with E-state index in [0.717, 1.165) is 35.4 Å². The van der Waals surface area contributed by atoms with Gasteiger partial charge in [-0.1, -0.05) is 13.8 Å². The maximum absolute atomic E-state index is 11.6. The zero-order valence-corrected chi connectivity index (χ0v) is 19.8. The average molecular weight is 443 g/mol. The van der Waals surface area contributed by atoms with Gasteiger partial charge in [-0.25, -0.2) is 14.8 Å². The number of H-pyrrole nitrogens is 1. The summed E-state index contributed by atoms with van der Waals surface area (Å²) in [4.78, 5) is 28.1. The van der Waals surface area contributed by atoms with E-state index in [-0.39, 0.29) is 0 Å². The molecule has 174 valence electrons. The molecule has 32 heavy (non-hydrogen) atoms. The highest BCUT2D eigenvalue weighted by molar-refractivity contribution is 5.88. The highest BCUT2D eigenvalue weighted by Gasteiger charge is 2.15. The minimum absolute atomic E-state index is 0.396. The smallest absolute Gasteiger partial charge is 0.407 e. The molecule has 0 atom stereocenters. The molecule has 9 heteroatoms. The van der Waals surface area contributed by atoms with E-state index in [9.17, 15) is 4.79 Å². The van der Waals surface area contributed by atoms with Crippen LogP contribution in [0.3, 0.4) is 0 Å². The first kappa shape index (κ1) is 24.9. The third-order valence-electron chi connectivity index (χ3n) is 4.20. The van der Waals surface area contributed by atoms with E-state index < -0.39 is 11.7 Å². The van der Waals surface area contributed by atoms with E-state index in [1.165, 1.54) is 0 Å². The first-order valence-electron chi connectivity index (χ1n) is 10.9. The molecule has 0 radical (unpaired) electrons. The summed E-state index contributed by atoms with van der Waals surface area (Å²) in [6.45, 7) is 10.7. The molecular weight excluding hydrogens is 408 g/mol. The van der Waals surface area contributed by atoms with Crippen LogP contribution in [-0.4, -0.2) is 51.8 Å². The Morgan fingerprint density at radius 1 is 1.06 bits per heavy atom. The number of hydrogen-bond donors (Lipinski definition) is 3. The van der Waals surface area contributed by atoms with Gasteiger partial charge >= 0.3 is 6.09 Å². The Morgan fingerprint density at radius 2 is 1.75 bits per heavy atom. The molecule has 0 aliphatic heterocycles. The monoisotopic (exact) mass is 442 g/mol. The number of nitrogens with zero attached hydrogens (tertiary/aromatic N) is 3. The third-order valence-corrected chi connectivity index (χ3v) is 4.20. The van der Waals surface area contributed by atoms with Crippen LogP contribution in [0.15, 0.2) is 30.6 Å². The van der Waals surface area contributed by atoms with Crippen molar-refractivity contribution in [3.05, 3.63) is 30.6 Å². The Kier molecular flexibility index (Phi) is 9.24. The van der Waals surface area contributed by atoms with Crippen molar-refractivity contribution in [2.24, 2.45) is 0 Å². The molecule has 1 amide bonds. The zero-order valence-electron chi connectivity index (χ0n) is 19.8. The average Bonchev–Trinajstić information content (AvgIpc) is 3.24. The lowest BCUT2D eigenvalue weighted by Gasteiger charge is -2.19. The lowest BCUT2D eigenvalue weighted by atomic mass is 10.1. The van der Waals surface area contributed by atoms with Gasteiger partial charge in [-0.05, 0) is 57.9 Å². The van der Waals surface area contributed by atoms with Crippen molar-refractivity contribution in [2.45, 2.75) is 53.1 Å². The van der Waals surface area contributed by atoms with Crippen molar-refractivity contribution in [3.63, 3.8) is 0 Å². The fourth-order valence-electron chi connectivity index (χ4n) is 2.82. The summed E-state index contributed by atoms with van der Waals surface area (Å²) >= 11 is 0. The van der Waals surface area contributed by atoms with Crippen molar-refractivity contribution in [1.82, 2.24) is 25.3 Å². The molecule has 3 aromatic rings. The van der Waals surface area contributed by atoms with Crippen LogP contribution in [0, 0.1) is 0 Å². The van der Waals surface area contributed by atoms with E-state index in [0.29, 0.717) is 24.7 Å². The van der Waals surface area contributed by atoms with Crippen LogP contribution in [0.2, 0.25) is 0 Å². The van der Waals surface area contributed by atoms with Gasteiger partial charge in [-0.2, -0.15) is 4.98 Å². The maximum Gasteiger partial charge on any atom is 0.407 e. The predicted molar refractivity (Wildman–Crippen MR) is 127 cm³/mol. The van der Waals surface area contributed by atoms with Gasteiger partial charge < -0.3 is 25.1 Å². The summed E-state index contributed by atoms with van der Waals surface area (Å²) < 4.78 is 10.4. The number of nitrogens with one attached hydrogen (secondary N) is 3. The summed E-state index contributed by atoms with van der Waals surface area (Å²) in [6.07, 6.45) is 2.86. The van der Waals surface area contributed by atoms with Crippen molar-refractivity contribution < 1.29 is 14.3 Å². The topological polar surface area (TPSA) is 114 Å². The van der Waals surface area contributed by atoms with Crippen LogP contribution in [0.4, 0.5) is 10.7 Å². The number of unbranched alkanes of at least 4 members (excludes halogenated alkanes) is 1. The summed E-state index contributed by atoms with van der Waals surface area (Å²) in [5, 5.41) is 5.99. The lowest BCUT2D eigenvalue weighted by molar-refractivity contribution is 0.0527. The molecule has 0 bridgehead atoms. The Hall–Kier alpha value is -3.36. The van der Waals surface area contributed by atoms with Crippen molar-refractivity contribution >= 4 is 23.2 Å². The summed E-state index contributed by atoms with van der Waals surface area (Å²) in [5.41, 5.74) is 2.61. The molecule has 0 unspecified atom stereocenters. The van der Waals surface area contributed by atoms with Crippen LogP contribution in [0.5, 0.6) is 5.75 Å². The van der Waals surface area contributed by atoms with Gasteiger partial charge in [0.1, 0.15) is 22.6 Å². The fraction of sp³-hybridized carbons (Fsp3) is 0.478. The molecule has 2 heterocycles. The van der Waals surface area contributed by atoms with Crippen LogP contribution in [0.25, 0.3) is 22.4 Å². The molecule has 0 aliphatic rings. The summed E-state index contributed by atoms with van der Waals surface area (Å²) in [6, 6.07) is 7.69. The van der Waals surface area contributed by atoms with E-state index in [2.05, 4.69) is 30.6 Å². The Balaban J connectivity index is 0.00000176. The van der Waals surface area contributed by atoms with Gasteiger partial charge in [-0.3, -0.25) is 0 Å². The van der Waals surface area contributed by atoms with Crippen LogP contribution in [-0.2, 0) is 4.74 Å². The van der Waals surface area contributed by atoms with Gasteiger partial charge in [0.15, 0.2) is 5.65 Å². The van der Waals surface area contributed by atoms with Gasteiger partial charge in [0.25, 0.3) is 0 Å². The number of methoxy groups -OCH3 is 1. The number of ether oxygens (including phenoxy) is 2. The molecule has 2 aromatic heterocycles. The van der Waals surface area contributed by atoms with E-state index in [1.807, 2.05) is 58.9 Å². The van der Waals surface area contributed by atoms with Crippen molar-refractivity contribution in [3.8, 4) is 17.0 Å². The Labute approximate surface area is 189 Å². The second-order valence-electron chi connectivity index (χ2n) is 7.79. The quantitative estimate of drug-likeness (QED) is 0.430. The second kappa shape index (κ2) is 11.9. The number of rotatable bonds is 8. The number of carbonyl (C=O) groups excluding carboxylic acids is 1. The third kappa shape index (κ3) is 7.40. The van der Waals surface area contributed by atoms with Gasteiger partial charge in [0.2, 0.25) is 5.95 Å². The lowest BCUT2D eigenvalue weighted by Crippen LogP contribution is -2.33. The fourth-order valence-corrected chi connectivity index (χ4v) is 2.82. The first-order valence-corrected chi connectivity index (χ1v) is 10.9. The molecule has 0 spiro atoms. The second-order valence-corrected chi connectivity index (χ2v) is 7.79. The normalized spacial score (nSPS) is 10.8. The highest BCUT2D eigenvalue weighted by atomic mass is 16.6. The summed E-state index contributed by atoms with van der Waals surface area (Å²) in [7, 11) is 1.64. The maximum atomic E-state index is 11.6. The number of imidazole rings is 1. The number of alkyl carbamates (subject to hydrolysis) is 1. The number of benzene rings is 1. The van der Waals surface area contributed by atoms with E-state index in [1.54, 1.807) is 13.4 Å². The zero-order chi connectivity index (χ0) is 23.6. The molecule has 0 saturated heterocycles. The number of amides is 1. The molecule has 3 rings (SSSR count). The molecule has 1 aromatic carbocycles. The van der Waals surface area contributed by atoms with E-state index >= 15 is 0 Å². The standard InChI is InChI=1S/C21H28N6O3.C2H6/c1-21(2,3)30-20(28)23-12-6-5-11-22-19-26-16(17-18(27-19)25-13-24-17)14-7-9-15(29-4)10-8-14;1-2/h7-10,13H,5-6,11-12H2,1-4H3,(H,23,28)(H2,22,24,25,26,27);1-2H3. The number of carbonyl (C=O) groups is 1. The number of hydrogen-bond acceptors (Lipinski definition) is 7. The Morgan fingerprint density at radius 3 is 2.41 bits per heavy atom. The van der Waals surface area contributed by atoms with E-state index in [4.69, 9.17) is 9.47 Å². The largest absolute Gasteiger partial charge is 0.497 e. The molecule has 3 N–H and O–H groups in total.